The molecule has 0 aliphatic heterocycles. The average Bonchev–Trinajstić information content (AvgIpc) is 2.40. The van der Waals surface area contributed by atoms with Crippen LogP contribution < -0.4 is 15.4 Å². The van der Waals surface area contributed by atoms with E-state index in [0.29, 0.717) is 37.0 Å². The normalized spacial score (nSPS) is 10.4. The molecule has 0 saturated heterocycles. The molecular formula is C12H22N4O2. The fraction of sp³-hybridized carbons (Fsp3) is 0.667. The molecule has 0 saturated carbocycles. The standard InChI is InChI=1S/C12H22N4O2/c1-3-8-18-12-10(13)11(14-9-15-12)16(4-2)6-5-7-17/h9,17H,3-8,13H2,1-2H3. The molecule has 0 aromatic carbocycles. The molecule has 0 bridgehead atoms. The van der Waals surface area contributed by atoms with Crippen LogP contribution in [0.25, 0.3) is 0 Å². The van der Waals surface area contributed by atoms with E-state index < -0.39 is 0 Å². The summed E-state index contributed by atoms with van der Waals surface area (Å²) < 4.78 is 5.47. The van der Waals surface area contributed by atoms with Crippen molar-refractivity contribution in [3.8, 4) is 5.88 Å². The van der Waals surface area contributed by atoms with Crippen LogP contribution in [-0.4, -0.2) is 41.4 Å². The second-order valence-electron chi connectivity index (χ2n) is 3.92. The van der Waals surface area contributed by atoms with Gasteiger partial charge < -0.3 is 20.5 Å². The summed E-state index contributed by atoms with van der Waals surface area (Å²) in [6.45, 7) is 6.27. The fourth-order valence-electron chi connectivity index (χ4n) is 1.61. The lowest BCUT2D eigenvalue weighted by Gasteiger charge is -2.23. The van der Waals surface area contributed by atoms with Crippen molar-refractivity contribution >= 4 is 11.5 Å². The van der Waals surface area contributed by atoms with Crippen LogP contribution in [0.4, 0.5) is 11.5 Å². The highest BCUT2D eigenvalue weighted by Gasteiger charge is 2.14. The number of nitrogens with two attached hydrogens (primary N) is 1. The summed E-state index contributed by atoms with van der Waals surface area (Å²) >= 11 is 0. The van der Waals surface area contributed by atoms with Gasteiger partial charge in [0.2, 0.25) is 5.88 Å². The summed E-state index contributed by atoms with van der Waals surface area (Å²) in [5, 5.41) is 8.88. The van der Waals surface area contributed by atoms with Crippen LogP contribution in [0.15, 0.2) is 6.33 Å². The Bertz CT molecular complexity index is 360. The van der Waals surface area contributed by atoms with Crippen molar-refractivity contribution in [1.29, 1.82) is 0 Å². The Hall–Kier alpha value is -1.56. The number of hydrogen-bond donors (Lipinski definition) is 2. The molecule has 1 rings (SSSR count). The summed E-state index contributed by atoms with van der Waals surface area (Å²) in [6, 6.07) is 0. The highest BCUT2D eigenvalue weighted by atomic mass is 16.5. The van der Waals surface area contributed by atoms with Gasteiger partial charge in [0, 0.05) is 19.7 Å². The maximum Gasteiger partial charge on any atom is 0.242 e. The average molecular weight is 254 g/mol. The minimum atomic E-state index is 0.153. The Morgan fingerprint density at radius 3 is 2.78 bits per heavy atom. The predicted octanol–water partition coefficient (Wildman–Crippen LogP) is 1.06. The molecule has 0 atom stereocenters. The van der Waals surface area contributed by atoms with Gasteiger partial charge in [0.05, 0.1) is 6.61 Å². The molecule has 0 aliphatic carbocycles. The number of anilines is 2. The van der Waals surface area contributed by atoms with Gasteiger partial charge in [-0.3, -0.25) is 0 Å². The quantitative estimate of drug-likeness (QED) is 0.721. The molecule has 102 valence electrons. The van der Waals surface area contributed by atoms with E-state index in [1.807, 2.05) is 18.7 Å². The van der Waals surface area contributed by atoms with Gasteiger partial charge in [-0.15, -0.1) is 0 Å². The maximum absolute atomic E-state index is 8.88. The van der Waals surface area contributed by atoms with E-state index in [9.17, 15) is 0 Å². The van der Waals surface area contributed by atoms with Gasteiger partial charge in [-0.2, -0.15) is 4.98 Å². The van der Waals surface area contributed by atoms with E-state index in [1.165, 1.54) is 6.33 Å². The number of aliphatic hydroxyl groups is 1. The topological polar surface area (TPSA) is 84.5 Å². The molecule has 6 heteroatoms. The Balaban J connectivity index is 2.86. The van der Waals surface area contributed by atoms with Gasteiger partial charge in [-0.25, -0.2) is 4.98 Å². The third-order valence-corrected chi connectivity index (χ3v) is 2.54. The van der Waals surface area contributed by atoms with Gasteiger partial charge in [0.15, 0.2) is 5.82 Å². The lowest BCUT2D eigenvalue weighted by molar-refractivity contribution is 0.289. The molecule has 3 N–H and O–H groups in total. The van der Waals surface area contributed by atoms with Crippen LogP contribution in [-0.2, 0) is 0 Å². The molecule has 1 aromatic heterocycles. The number of aromatic nitrogens is 2. The van der Waals surface area contributed by atoms with Crippen molar-refractivity contribution in [2.24, 2.45) is 0 Å². The number of nitrogen functional groups attached to an aromatic ring is 1. The van der Waals surface area contributed by atoms with Crippen LogP contribution in [0, 0.1) is 0 Å². The smallest absolute Gasteiger partial charge is 0.242 e. The van der Waals surface area contributed by atoms with Crippen molar-refractivity contribution in [1.82, 2.24) is 9.97 Å². The number of aliphatic hydroxyl groups excluding tert-OH is 1. The van der Waals surface area contributed by atoms with Gasteiger partial charge in [0.25, 0.3) is 0 Å². The minimum Gasteiger partial charge on any atom is -0.476 e. The number of rotatable bonds is 8. The first-order valence-electron chi connectivity index (χ1n) is 6.33. The van der Waals surface area contributed by atoms with E-state index in [-0.39, 0.29) is 6.61 Å². The molecular weight excluding hydrogens is 232 g/mol. The first kappa shape index (κ1) is 14.5. The van der Waals surface area contributed by atoms with Gasteiger partial charge in [-0.05, 0) is 19.8 Å². The Kier molecular flexibility index (Phi) is 6.21. The summed E-state index contributed by atoms with van der Waals surface area (Å²) in [5.74, 6) is 1.11. The van der Waals surface area contributed by atoms with Crippen LogP contribution in [0.2, 0.25) is 0 Å². The fourth-order valence-corrected chi connectivity index (χ4v) is 1.61. The molecule has 0 radical (unpaired) electrons. The van der Waals surface area contributed by atoms with Gasteiger partial charge in [0.1, 0.15) is 12.0 Å². The zero-order chi connectivity index (χ0) is 13.4. The maximum atomic E-state index is 8.88. The van der Waals surface area contributed by atoms with Gasteiger partial charge >= 0.3 is 0 Å². The highest BCUT2D eigenvalue weighted by molar-refractivity contribution is 5.67. The zero-order valence-corrected chi connectivity index (χ0v) is 11.1. The molecule has 18 heavy (non-hydrogen) atoms. The van der Waals surface area contributed by atoms with Crippen molar-refractivity contribution in [2.75, 3.05) is 36.9 Å². The highest BCUT2D eigenvalue weighted by Crippen LogP contribution is 2.27. The monoisotopic (exact) mass is 254 g/mol. The Morgan fingerprint density at radius 2 is 2.17 bits per heavy atom. The van der Waals surface area contributed by atoms with Crippen LogP contribution >= 0.6 is 0 Å². The first-order chi connectivity index (χ1) is 8.74. The summed E-state index contributed by atoms with van der Waals surface area (Å²) in [7, 11) is 0. The van der Waals surface area contributed by atoms with E-state index in [2.05, 4.69) is 9.97 Å². The first-order valence-corrected chi connectivity index (χ1v) is 6.33. The van der Waals surface area contributed by atoms with E-state index in [0.717, 1.165) is 13.0 Å². The van der Waals surface area contributed by atoms with E-state index in [1.54, 1.807) is 0 Å². The van der Waals surface area contributed by atoms with E-state index >= 15 is 0 Å². The molecule has 0 fully saturated rings. The zero-order valence-electron chi connectivity index (χ0n) is 11.1. The lowest BCUT2D eigenvalue weighted by Crippen LogP contribution is -2.27. The van der Waals surface area contributed by atoms with Crippen LogP contribution in [0.1, 0.15) is 26.7 Å². The van der Waals surface area contributed by atoms with Crippen LogP contribution in [0.3, 0.4) is 0 Å². The SMILES string of the molecule is CCCOc1ncnc(N(CC)CCCO)c1N. The molecule has 0 aliphatic rings. The van der Waals surface area contributed by atoms with E-state index in [4.69, 9.17) is 15.6 Å². The molecule has 1 heterocycles. The molecule has 0 unspecified atom stereocenters. The molecule has 6 nitrogen and oxygen atoms in total. The number of nitrogens with zero attached hydrogens (tertiary/aromatic N) is 3. The van der Waals surface area contributed by atoms with Crippen molar-refractivity contribution in [3.63, 3.8) is 0 Å². The number of ether oxygens (including phenoxy) is 1. The minimum absolute atomic E-state index is 0.153. The van der Waals surface area contributed by atoms with Crippen molar-refractivity contribution < 1.29 is 9.84 Å². The van der Waals surface area contributed by atoms with Gasteiger partial charge in [-0.1, -0.05) is 6.92 Å². The lowest BCUT2D eigenvalue weighted by atomic mass is 10.3. The van der Waals surface area contributed by atoms with Crippen molar-refractivity contribution in [3.05, 3.63) is 6.33 Å². The largest absolute Gasteiger partial charge is 0.476 e. The second-order valence-corrected chi connectivity index (χ2v) is 3.92. The molecule has 0 spiro atoms. The molecule has 1 aromatic rings. The number of hydrogen-bond acceptors (Lipinski definition) is 6. The second kappa shape index (κ2) is 7.71. The summed E-state index contributed by atoms with van der Waals surface area (Å²) in [4.78, 5) is 10.2. The molecule has 0 amide bonds. The summed E-state index contributed by atoms with van der Waals surface area (Å²) in [6.07, 6.45) is 3.04. The predicted molar refractivity (Wildman–Crippen MR) is 71.8 cm³/mol. The van der Waals surface area contributed by atoms with Crippen molar-refractivity contribution in [2.45, 2.75) is 26.7 Å². The Morgan fingerprint density at radius 1 is 1.39 bits per heavy atom. The Labute approximate surface area is 108 Å². The third kappa shape index (κ3) is 3.73. The van der Waals surface area contributed by atoms with Crippen LogP contribution in [0.5, 0.6) is 5.88 Å². The summed E-state index contributed by atoms with van der Waals surface area (Å²) in [5.41, 5.74) is 6.48. The third-order valence-electron chi connectivity index (χ3n) is 2.54.